The van der Waals surface area contributed by atoms with Crippen LogP contribution in [0.4, 0.5) is 0 Å². The predicted molar refractivity (Wildman–Crippen MR) is 58.1 cm³/mol. The quantitative estimate of drug-likeness (QED) is 0.554. The molecule has 1 rings (SSSR count). The molecule has 0 aromatic rings. The van der Waals surface area contributed by atoms with E-state index in [0.29, 0.717) is 12.8 Å². The molecule has 1 aliphatic carbocycles. The molecule has 0 aliphatic heterocycles. The Bertz CT molecular complexity index is 257. The molecule has 2 N–H and O–H groups in total. The standard InChI is InChI=1S/C11H19NO4/c1-16-9(13)8-12-11(10(14)15)6-4-2-3-5-7-11/h12H,2-8H2,1H3,(H,14,15). The number of carbonyl (C=O) groups excluding carboxylic acids is 1. The first-order valence-electron chi connectivity index (χ1n) is 5.66. The van der Waals surface area contributed by atoms with Gasteiger partial charge >= 0.3 is 11.9 Å². The van der Waals surface area contributed by atoms with Crippen LogP contribution < -0.4 is 5.32 Å². The van der Waals surface area contributed by atoms with Crippen LogP contribution in [0.1, 0.15) is 38.5 Å². The summed E-state index contributed by atoms with van der Waals surface area (Å²) < 4.78 is 4.50. The molecular weight excluding hydrogens is 210 g/mol. The van der Waals surface area contributed by atoms with E-state index in [9.17, 15) is 14.7 Å². The maximum atomic E-state index is 11.3. The van der Waals surface area contributed by atoms with E-state index in [4.69, 9.17) is 0 Å². The zero-order valence-electron chi connectivity index (χ0n) is 9.62. The third kappa shape index (κ3) is 3.20. The molecule has 92 valence electrons. The van der Waals surface area contributed by atoms with Crippen molar-refractivity contribution >= 4 is 11.9 Å². The van der Waals surface area contributed by atoms with Gasteiger partial charge in [0.15, 0.2) is 0 Å². The fourth-order valence-electron chi connectivity index (χ4n) is 2.11. The van der Waals surface area contributed by atoms with E-state index in [2.05, 4.69) is 10.1 Å². The molecule has 0 heterocycles. The maximum Gasteiger partial charge on any atom is 0.323 e. The Morgan fingerprint density at radius 1 is 1.25 bits per heavy atom. The van der Waals surface area contributed by atoms with Crippen LogP contribution >= 0.6 is 0 Å². The Labute approximate surface area is 95.2 Å². The number of aliphatic carboxylic acids is 1. The second-order valence-electron chi connectivity index (χ2n) is 4.23. The summed E-state index contributed by atoms with van der Waals surface area (Å²) in [6, 6.07) is 0. The average molecular weight is 229 g/mol. The summed E-state index contributed by atoms with van der Waals surface area (Å²) >= 11 is 0. The van der Waals surface area contributed by atoms with Gasteiger partial charge in [0.05, 0.1) is 13.7 Å². The van der Waals surface area contributed by atoms with Crippen molar-refractivity contribution in [1.82, 2.24) is 5.32 Å². The van der Waals surface area contributed by atoms with Crippen LogP contribution in [-0.2, 0) is 14.3 Å². The lowest BCUT2D eigenvalue weighted by molar-refractivity contribution is -0.147. The zero-order valence-corrected chi connectivity index (χ0v) is 9.62. The summed E-state index contributed by atoms with van der Waals surface area (Å²) in [5.74, 6) is -1.29. The molecule has 1 aliphatic rings. The first kappa shape index (κ1) is 13.0. The van der Waals surface area contributed by atoms with Crippen molar-refractivity contribution in [1.29, 1.82) is 0 Å². The minimum atomic E-state index is -0.940. The SMILES string of the molecule is COC(=O)CNC1(C(=O)O)CCCCCC1. The Kier molecular flexibility index (Phi) is 4.73. The molecule has 0 amide bonds. The van der Waals surface area contributed by atoms with Gasteiger partial charge in [0.25, 0.3) is 0 Å². The normalized spacial score (nSPS) is 19.8. The topological polar surface area (TPSA) is 75.6 Å². The summed E-state index contributed by atoms with van der Waals surface area (Å²) in [6.07, 6.45) is 5.07. The van der Waals surface area contributed by atoms with Gasteiger partial charge in [0.2, 0.25) is 0 Å². The molecule has 1 saturated carbocycles. The number of carbonyl (C=O) groups is 2. The van der Waals surface area contributed by atoms with Crippen molar-refractivity contribution in [3.63, 3.8) is 0 Å². The highest BCUT2D eigenvalue weighted by Gasteiger charge is 2.38. The number of carboxylic acids is 1. The van der Waals surface area contributed by atoms with Gasteiger partial charge in [-0.15, -0.1) is 0 Å². The molecule has 16 heavy (non-hydrogen) atoms. The number of rotatable bonds is 4. The molecule has 0 atom stereocenters. The van der Waals surface area contributed by atoms with Crippen LogP contribution in [-0.4, -0.2) is 36.2 Å². The monoisotopic (exact) mass is 229 g/mol. The molecule has 1 fully saturated rings. The van der Waals surface area contributed by atoms with Gasteiger partial charge in [-0.3, -0.25) is 14.9 Å². The minimum Gasteiger partial charge on any atom is -0.480 e. The number of hydrogen-bond donors (Lipinski definition) is 2. The maximum absolute atomic E-state index is 11.3. The van der Waals surface area contributed by atoms with Crippen LogP contribution in [0.15, 0.2) is 0 Å². The summed E-state index contributed by atoms with van der Waals surface area (Å²) in [5.41, 5.74) is -0.940. The summed E-state index contributed by atoms with van der Waals surface area (Å²) in [6.45, 7) is -0.0389. The van der Waals surface area contributed by atoms with Crippen LogP contribution in [0.5, 0.6) is 0 Å². The summed E-state index contributed by atoms with van der Waals surface area (Å²) in [7, 11) is 1.30. The highest BCUT2D eigenvalue weighted by molar-refractivity contribution is 5.80. The van der Waals surface area contributed by atoms with Crippen molar-refractivity contribution in [2.45, 2.75) is 44.1 Å². The largest absolute Gasteiger partial charge is 0.480 e. The number of carboxylic acid groups (broad SMARTS) is 1. The van der Waals surface area contributed by atoms with Crippen molar-refractivity contribution in [3.8, 4) is 0 Å². The molecule has 0 saturated heterocycles. The van der Waals surface area contributed by atoms with Gasteiger partial charge in [-0.05, 0) is 12.8 Å². The molecule has 0 radical (unpaired) electrons. The fourth-order valence-corrected chi connectivity index (χ4v) is 2.11. The van der Waals surface area contributed by atoms with E-state index < -0.39 is 17.5 Å². The highest BCUT2D eigenvalue weighted by Crippen LogP contribution is 2.27. The minimum absolute atomic E-state index is 0.0389. The fraction of sp³-hybridized carbons (Fsp3) is 0.818. The second-order valence-corrected chi connectivity index (χ2v) is 4.23. The van der Waals surface area contributed by atoms with Gasteiger partial charge in [0, 0.05) is 0 Å². The zero-order chi connectivity index (χ0) is 12.0. The smallest absolute Gasteiger partial charge is 0.323 e. The molecule has 0 aromatic carbocycles. The summed E-state index contributed by atoms with van der Waals surface area (Å²) in [4.78, 5) is 22.3. The first-order chi connectivity index (χ1) is 7.60. The molecule has 0 spiro atoms. The molecule has 5 nitrogen and oxygen atoms in total. The number of methoxy groups -OCH3 is 1. The van der Waals surface area contributed by atoms with Gasteiger partial charge in [-0.2, -0.15) is 0 Å². The van der Waals surface area contributed by atoms with Crippen LogP contribution in [0, 0.1) is 0 Å². The van der Waals surface area contributed by atoms with E-state index in [-0.39, 0.29) is 6.54 Å². The average Bonchev–Trinajstić information content (AvgIpc) is 2.52. The van der Waals surface area contributed by atoms with Crippen LogP contribution in [0.3, 0.4) is 0 Å². The number of ether oxygens (including phenoxy) is 1. The molecular formula is C11H19NO4. The molecule has 0 unspecified atom stereocenters. The Balaban J connectivity index is 2.63. The van der Waals surface area contributed by atoms with Crippen LogP contribution in [0.25, 0.3) is 0 Å². The van der Waals surface area contributed by atoms with Crippen molar-refractivity contribution in [2.75, 3.05) is 13.7 Å². The Morgan fingerprint density at radius 3 is 2.25 bits per heavy atom. The number of nitrogens with one attached hydrogen (secondary N) is 1. The van der Waals surface area contributed by atoms with E-state index in [1.54, 1.807) is 0 Å². The van der Waals surface area contributed by atoms with E-state index in [1.165, 1.54) is 7.11 Å². The highest BCUT2D eigenvalue weighted by atomic mass is 16.5. The lowest BCUT2D eigenvalue weighted by atomic mass is 9.90. The van der Waals surface area contributed by atoms with Crippen molar-refractivity contribution in [3.05, 3.63) is 0 Å². The lowest BCUT2D eigenvalue weighted by Gasteiger charge is -2.28. The predicted octanol–water partition coefficient (Wildman–Crippen LogP) is 0.927. The second kappa shape index (κ2) is 5.84. The van der Waals surface area contributed by atoms with E-state index in [0.717, 1.165) is 25.7 Å². The molecule has 0 bridgehead atoms. The third-order valence-corrected chi connectivity index (χ3v) is 3.17. The third-order valence-electron chi connectivity index (χ3n) is 3.17. The van der Waals surface area contributed by atoms with Crippen LogP contribution in [0.2, 0.25) is 0 Å². The van der Waals surface area contributed by atoms with Gasteiger partial charge in [0.1, 0.15) is 5.54 Å². The number of esters is 1. The van der Waals surface area contributed by atoms with Gasteiger partial charge < -0.3 is 9.84 Å². The summed E-state index contributed by atoms with van der Waals surface area (Å²) in [5, 5.41) is 12.1. The van der Waals surface area contributed by atoms with E-state index in [1.807, 2.05) is 0 Å². The Morgan fingerprint density at radius 2 is 1.81 bits per heavy atom. The van der Waals surface area contributed by atoms with E-state index >= 15 is 0 Å². The molecule has 5 heteroatoms. The van der Waals surface area contributed by atoms with Gasteiger partial charge in [-0.25, -0.2) is 0 Å². The Hall–Kier alpha value is -1.10. The molecule has 0 aromatic heterocycles. The lowest BCUT2D eigenvalue weighted by Crippen LogP contribution is -2.53. The van der Waals surface area contributed by atoms with Gasteiger partial charge in [-0.1, -0.05) is 25.7 Å². The first-order valence-corrected chi connectivity index (χ1v) is 5.66. The van der Waals surface area contributed by atoms with Crippen molar-refractivity contribution in [2.24, 2.45) is 0 Å². The van der Waals surface area contributed by atoms with Crippen molar-refractivity contribution < 1.29 is 19.4 Å². The number of hydrogen-bond acceptors (Lipinski definition) is 4.